The van der Waals surface area contributed by atoms with Gasteiger partial charge in [0, 0.05) is 12.1 Å². The highest BCUT2D eigenvalue weighted by atomic mass is 32.2. The third-order valence-electron chi connectivity index (χ3n) is 2.31. The van der Waals surface area contributed by atoms with Crippen molar-refractivity contribution < 1.29 is 9.90 Å². The van der Waals surface area contributed by atoms with E-state index in [1.165, 1.54) is 0 Å². The molecule has 0 aromatic heterocycles. The van der Waals surface area contributed by atoms with Crippen molar-refractivity contribution in [3.63, 3.8) is 0 Å². The van der Waals surface area contributed by atoms with Crippen LogP contribution in [0.3, 0.4) is 0 Å². The second kappa shape index (κ2) is 7.12. The summed E-state index contributed by atoms with van der Waals surface area (Å²) in [5, 5.41) is 11.8. The Labute approximate surface area is 97.0 Å². The Morgan fingerprint density at radius 2 is 2.13 bits per heavy atom. The number of thioether (sulfide) groups is 1. The average Bonchev–Trinajstić information content (AvgIpc) is 2.16. The minimum atomic E-state index is -0.111. The van der Waals surface area contributed by atoms with Crippen LogP contribution in [-0.2, 0) is 4.79 Å². The Bertz CT molecular complexity index is 195. The lowest BCUT2D eigenvalue weighted by Gasteiger charge is -2.24. The largest absolute Gasteiger partial charge is 0.396 e. The lowest BCUT2D eigenvalue weighted by Crippen LogP contribution is -2.43. The summed E-state index contributed by atoms with van der Waals surface area (Å²) in [6.45, 7) is 8.26. The van der Waals surface area contributed by atoms with Gasteiger partial charge in [-0.05, 0) is 31.9 Å². The Hall–Kier alpha value is -0.220. The molecule has 4 heteroatoms. The smallest absolute Gasteiger partial charge is 0.230 e. The Morgan fingerprint density at radius 3 is 2.60 bits per heavy atom. The second-order valence-electron chi connectivity index (χ2n) is 4.59. The van der Waals surface area contributed by atoms with E-state index >= 15 is 0 Å². The van der Waals surface area contributed by atoms with Crippen LogP contribution in [0, 0.1) is 5.92 Å². The third-order valence-corrected chi connectivity index (χ3v) is 3.58. The van der Waals surface area contributed by atoms with E-state index in [0.29, 0.717) is 5.75 Å². The Balaban J connectivity index is 3.67. The number of aliphatic hydroxyl groups is 1. The van der Waals surface area contributed by atoms with Crippen molar-refractivity contribution in [3.05, 3.63) is 0 Å². The normalized spacial score (nSPS) is 13.7. The quantitative estimate of drug-likeness (QED) is 0.703. The Morgan fingerprint density at radius 1 is 1.53 bits per heavy atom. The first-order chi connectivity index (χ1) is 6.91. The molecule has 0 radical (unpaired) electrons. The molecule has 0 bridgehead atoms. The number of hydrogen-bond donors (Lipinski definition) is 2. The summed E-state index contributed by atoms with van der Waals surface area (Å²) >= 11 is 1.57. The molecule has 0 aromatic rings. The number of aliphatic hydroxyl groups excluding tert-OH is 1. The van der Waals surface area contributed by atoms with Crippen molar-refractivity contribution in [1.82, 2.24) is 5.32 Å². The zero-order valence-corrected chi connectivity index (χ0v) is 11.0. The van der Waals surface area contributed by atoms with Gasteiger partial charge in [-0.2, -0.15) is 11.8 Å². The molecule has 3 nitrogen and oxygen atoms in total. The van der Waals surface area contributed by atoms with Gasteiger partial charge in [0.25, 0.3) is 0 Å². The second-order valence-corrected chi connectivity index (χ2v) is 5.62. The van der Waals surface area contributed by atoms with Crippen LogP contribution in [-0.4, -0.2) is 34.7 Å². The van der Waals surface area contributed by atoms with E-state index in [9.17, 15) is 4.79 Å². The van der Waals surface area contributed by atoms with E-state index in [2.05, 4.69) is 12.2 Å². The topological polar surface area (TPSA) is 49.3 Å². The number of nitrogens with one attached hydrogen (secondary N) is 1. The van der Waals surface area contributed by atoms with Crippen molar-refractivity contribution >= 4 is 17.7 Å². The van der Waals surface area contributed by atoms with Gasteiger partial charge in [0.05, 0.1) is 5.75 Å². The van der Waals surface area contributed by atoms with Crippen LogP contribution in [0.5, 0.6) is 0 Å². The zero-order chi connectivity index (χ0) is 11.9. The molecular weight excluding hydrogens is 210 g/mol. The van der Waals surface area contributed by atoms with E-state index in [4.69, 9.17) is 5.11 Å². The average molecular weight is 233 g/mol. The molecule has 0 saturated carbocycles. The van der Waals surface area contributed by atoms with E-state index in [1.54, 1.807) is 11.8 Å². The number of hydrogen-bond acceptors (Lipinski definition) is 3. The molecule has 1 amide bonds. The first kappa shape index (κ1) is 14.8. The molecule has 0 fully saturated rings. The van der Waals surface area contributed by atoms with Gasteiger partial charge in [-0.3, -0.25) is 4.79 Å². The summed E-state index contributed by atoms with van der Waals surface area (Å²) < 4.78 is 0. The fraction of sp³-hybridized carbons (Fsp3) is 0.909. The van der Waals surface area contributed by atoms with Crippen molar-refractivity contribution in [2.24, 2.45) is 5.92 Å². The van der Waals surface area contributed by atoms with Crippen molar-refractivity contribution in [2.75, 3.05) is 18.1 Å². The van der Waals surface area contributed by atoms with Gasteiger partial charge < -0.3 is 10.4 Å². The Kier molecular flexibility index (Phi) is 7.02. The molecule has 0 aliphatic heterocycles. The molecule has 1 unspecified atom stereocenters. The molecule has 0 aliphatic carbocycles. The molecule has 1 atom stereocenters. The van der Waals surface area contributed by atoms with E-state index < -0.39 is 0 Å². The molecule has 90 valence electrons. The predicted octanol–water partition coefficient (Wildman–Crippen LogP) is 1.65. The van der Waals surface area contributed by atoms with E-state index in [1.807, 2.05) is 20.8 Å². The molecule has 0 aliphatic rings. The fourth-order valence-corrected chi connectivity index (χ4v) is 1.79. The SMILES string of the molecule is CCC(C)(C)NC(=O)CSCC(C)CO. The summed E-state index contributed by atoms with van der Waals surface area (Å²) in [7, 11) is 0. The molecule has 0 rings (SSSR count). The van der Waals surface area contributed by atoms with Gasteiger partial charge in [0.2, 0.25) is 5.91 Å². The van der Waals surface area contributed by atoms with Crippen LogP contribution in [0.2, 0.25) is 0 Å². The molecular formula is C11H23NO2S. The van der Waals surface area contributed by atoms with Gasteiger partial charge in [-0.15, -0.1) is 0 Å². The fourth-order valence-electron chi connectivity index (χ4n) is 0.907. The molecule has 0 heterocycles. The third kappa shape index (κ3) is 7.68. The van der Waals surface area contributed by atoms with Gasteiger partial charge in [0.1, 0.15) is 0 Å². The highest BCUT2D eigenvalue weighted by Crippen LogP contribution is 2.10. The van der Waals surface area contributed by atoms with Crippen molar-refractivity contribution in [3.8, 4) is 0 Å². The van der Waals surface area contributed by atoms with Crippen LogP contribution >= 0.6 is 11.8 Å². The van der Waals surface area contributed by atoms with Crippen LogP contribution in [0.1, 0.15) is 34.1 Å². The summed E-state index contributed by atoms with van der Waals surface area (Å²) in [5.74, 6) is 1.66. The van der Waals surface area contributed by atoms with Crippen molar-refractivity contribution in [2.45, 2.75) is 39.7 Å². The first-order valence-corrected chi connectivity index (χ1v) is 6.56. The van der Waals surface area contributed by atoms with E-state index in [-0.39, 0.29) is 24.0 Å². The number of amides is 1. The number of rotatable bonds is 7. The van der Waals surface area contributed by atoms with Crippen LogP contribution in [0.15, 0.2) is 0 Å². The maximum absolute atomic E-state index is 11.5. The monoisotopic (exact) mass is 233 g/mol. The standard InChI is InChI=1S/C11H23NO2S/c1-5-11(3,4)12-10(14)8-15-7-9(2)6-13/h9,13H,5-8H2,1-4H3,(H,12,14). The van der Waals surface area contributed by atoms with Crippen LogP contribution < -0.4 is 5.32 Å². The minimum absolute atomic E-state index is 0.0805. The lowest BCUT2D eigenvalue weighted by atomic mass is 10.0. The van der Waals surface area contributed by atoms with Crippen LogP contribution in [0.25, 0.3) is 0 Å². The molecule has 15 heavy (non-hydrogen) atoms. The highest BCUT2D eigenvalue weighted by Gasteiger charge is 2.17. The van der Waals surface area contributed by atoms with Gasteiger partial charge in [0.15, 0.2) is 0 Å². The van der Waals surface area contributed by atoms with Crippen LogP contribution in [0.4, 0.5) is 0 Å². The maximum atomic E-state index is 11.5. The first-order valence-electron chi connectivity index (χ1n) is 5.41. The van der Waals surface area contributed by atoms with Gasteiger partial charge in [-0.1, -0.05) is 13.8 Å². The number of carbonyl (C=O) groups excluding carboxylic acids is 1. The summed E-state index contributed by atoms with van der Waals surface area (Å²) in [6, 6.07) is 0. The lowest BCUT2D eigenvalue weighted by molar-refractivity contribution is -0.120. The molecule has 0 spiro atoms. The maximum Gasteiger partial charge on any atom is 0.230 e. The summed E-state index contributed by atoms with van der Waals surface area (Å²) in [5.41, 5.74) is -0.111. The van der Waals surface area contributed by atoms with Gasteiger partial charge in [-0.25, -0.2) is 0 Å². The highest BCUT2D eigenvalue weighted by molar-refractivity contribution is 7.99. The summed E-state index contributed by atoms with van der Waals surface area (Å²) in [6.07, 6.45) is 0.927. The molecule has 0 aromatic carbocycles. The minimum Gasteiger partial charge on any atom is -0.396 e. The summed E-state index contributed by atoms with van der Waals surface area (Å²) in [4.78, 5) is 11.5. The predicted molar refractivity (Wildman–Crippen MR) is 66.1 cm³/mol. The molecule has 2 N–H and O–H groups in total. The van der Waals surface area contributed by atoms with E-state index in [0.717, 1.165) is 12.2 Å². The van der Waals surface area contributed by atoms with Crippen molar-refractivity contribution in [1.29, 1.82) is 0 Å². The molecule has 0 saturated heterocycles. The van der Waals surface area contributed by atoms with Gasteiger partial charge >= 0.3 is 0 Å². The zero-order valence-electron chi connectivity index (χ0n) is 10.2. The number of carbonyl (C=O) groups is 1.